The van der Waals surface area contributed by atoms with E-state index < -0.39 is 0 Å². The lowest BCUT2D eigenvalue weighted by Gasteiger charge is -2.38. The van der Waals surface area contributed by atoms with Crippen molar-refractivity contribution in [3.63, 3.8) is 0 Å². The first-order valence-corrected chi connectivity index (χ1v) is 8.64. The maximum absolute atomic E-state index is 11.6. The van der Waals surface area contributed by atoms with Gasteiger partial charge in [-0.2, -0.15) is 0 Å². The van der Waals surface area contributed by atoms with Gasteiger partial charge in [0.15, 0.2) is 0 Å². The summed E-state index contributed by atoms with van der Waals surface area (Å²) in [6.45, 7) is 4.41. The third-order valence-corrected chi connectivity index (χ3v) is 4.88. The molecule has 1 aliphatic heterocycles. The van der Waals surface area contributed by atoms with Crippen LogP contribution in [0, 0.1) is 12.8 Å². The van der Waals surface area contributed by atoms with Crippen LogP contribution in [-0.4, -0.2) is 68.4 Å². The van der Waals surface area contributed by atoms with E-state index in [1.54, 1.807) is 19.0 Å². The quantitative estimate of drug-likeness (QED) is 0.817. The van der Waals surface area contributed by atoms with E-state index in [0.717, 1.165) is 37.5 Å². The molecule has 24 heavy (non-hydrogen) atoms. The summed E-state index contributed by atoms with van der Waals surface area (Å²) in [5, 5.41) is 0. The number of hydrogen-bond acceptors (Lipinski definition) is 5. The summed E-state index contributed by atoms with van der Waals surface area (Å²) < 4.78 is 11.6. The van der Waals surface area contributed by atoms with Crippen molar-refractivity contribution in [2.24, 2.45) is 5.92 Å². The first kappa shape index (κ1) is 17.2. The normalized spacial score (nSPS) is 26.3. The Bertz CT molecular complexity index is 578. The van der Waals surface area contributed by atoms with Gasteiger partial charge in [-0.05, 0) is 37.8 Å². The van der Waals surface area contributed by atoms with E-state index >= 15 is 0 Å². The van der Waals surface area contributed by atoms with Crippen LogP contribution in [0.3, 0.4) is 0 Å². The van der Waals surface area contributed by atoms with E-state index in [1.165, 1.54) is 0 Å². The average Bonchev–Trinajstić information content (AvgIpc) is 2.97. The van der Waals surface area contributed by atoms with E-state index in [2.05, 4.69) is 22.0 Å². The van der Waals surface area contributed by atoms with E-state index in [4.69, 9.17) is 9.47 Å². The third kappa shape index (κ3) is 3.87. The topological polar surface area (TPSA) is 54.9 Å². The maximum Gasteiger partial charge on any atom is 0.248 e. The van der Waals surface area contributed by atoms with Gasteiger partial charge in [-0.25, -0.2) is 4.98 Å². The number of pyridine rings is 1. The van der Waals surface area contributed by atoms with Gasteiger partial charge in [0.2, 0.25) is 5.91 Å². The number of anilines is 1. The Labute approximate surface area is 143 Å². The zero-order chi connectivity index (χ0) is 17.1. The van der Waals surface area contributed by atoms with E-state index in [9.17, 15) is 4.79 Å². The Hall–Kier alpha value is -1.66. The van der Waals surface area contributed by atoms with Crippen molar-refractivity contribution in [3.8, 4) is 0 Å². The summed E-state index contributed by atoms with van der Waals surface area (Å²) in [4.78, 5) is 20.2. The molecule has 0 radical (unpaired) electrons. The molecule has 3 atom stereocenters. The monoisotopic (exact) mass is 333 g/mol. The number of nitrogens with zero attached hydrogens (tertiary/aromatic N) is 3. The zero-order valence-corrected chi connectivity index (χ0v) is 14.8. The van der Waals surface area contributed by atoms with E-state index in [0.29, 0.717) is 18.6 Å². The fourth-order valence-electron chi connectivity index (χ4n) is 3.60. The van der Waals surface area contributed by atoms with Gasteiger partial charge in [-0.15, -0.1) is 0 Å². The van der Waals surface area contributed by atoms with E-state index in [-0.39, 0.29) is 18.6 Å². The van der Waals surface area contributed by atoms with Gasteiger partial charge in [0.1, 0.15) is 12.4 Å². The largest absolute Gasteiger partial charge is 0.374 e. The van der Waals surface area contributed by atoms with Crippen LogP contribution in [0.2, 0.25) is 0 Å². The number of carbonyl (C=O) groups excluding carboxylic acids is 1. The second-order valence-corrected chi connectivity index (χ2v) is 6.95. The molecule has 0 aromatic carbocycles. The molecule has 0 N–H and O–H groups in total. The van der Waals surface area contributed by atoms with Crippen molar-refractivity contribution in [3.05, 3.63) is 23.9 Å². The Morgan fingerprint density at radius 1 is 1.42 bits per heavy atom. The van der Waals surface area contributed by atoms with Crippen LogP contribution in [-0.2, 0) is 14.3 Å². The number of hydrogen-bond donors (Lipinski definition) is 0. The molecule has 1 aromatic heterocycles. The van der Waals surface area contributed by atoms with Crippen molar-refractivity contribution >= 4 is 11.7 Å². The molecule has 3 unspecified atom stereocenters. The molecule has 1 aromatic rings. The van der Waals surface area contributed by atoms with Gasteiger partial charge in [-0.3, -0.25) is 4.79 Å². The minimum absolute atomic E-state index is 0.00671. The number of rotatable bonds is 5. The lowest BCUT2D eigenvalue weighted by molar-refractivity contribution is -0.134. The van der Waals surface area contributed by atoms with Crippen molar-refractivity contribution in [2.45, 2.75) is 31.9 Å². The van der Waals surface area contributed by atoms with Crippen molar-refractivity contribution in [1.82, 2.24) is 9.88 Å². The summed E-state index contributed by atoms with van der Waals surface area (Å²) in [7, 11) is 3.49. The average molecular weight is 333 g/mol. The van der Waals surface area contributed by atoms with Gasteiger partial charge in [0, 0.05) is 26.3 Å². The molecule has 1 saturated carbocycles. The molecule has 0 spiro atoms. The van der Waals surface area contributed by atoms with E-state index in [1.807, 2.05) is 13.0 Å². The van der Waals surface area contributed by atoms with Crippen LogP contribution in [0.4, 0.5) is 5.82 Å². The molecule has 1 aliphatic carbocycles. The number of aryl methyl sites for hydroxylation is 1. The smallest absolute Gasteiger partial charge is 0.248 e. The SMILES string of the molecule is Cc1cccc(N2CCOC3CC(COCC(=O)N(C)C)CC32)n1. The Morgan fingerprint density at radius 3 is 3.00 bits per heavy atom. The van der Waals surface area contributed by atoms with Crippen LogP contribution in [0.25, 0.3) is 0 Å². The predicted octanol–water partition coefficient (Wildman–Crippen LogP) is 1.48. The van der Waals surface area contributed by atoms with Crippen LogP contribution in [0.1, 0.15) is 18.5 Å². The summed E-state index contributed by atoms with van der Waals surface area (Å²) >= 11 is 0. The number of carbonyl (C=O) groups is 1. The number of amides is 1. The number of aromatic nitrogens is 1. The highest BCUT2D eigenvalue weighted by Crippen LogP contribution is 2.36. The van der Waals surface area contributed by atoms with Gasteiger partial charge < -0.3 is 19.3 Å². The first-order chi connectivity index (χ1) is 11.5. The molecule has 1 saturated heterocycles. The molecule has 132 valence electrons. The highest BCUT2D eigenvalue weighted by molar-refractivity contribution is 5.76. The Balaban J connectivity index is 1.58. The second-order valence-electron chi connectivity index (χ2n) is 6.95. The Morgan fingerprint density at radius 2 is 2.25 bits per heavy atom. The summed E-state index contributed by atoms with van der Waals surface area (Å²) in [5.74, 6) is 1.48. The predicted molar refractivity (Wildman–Crippen MR) is 92.1 cm³/mol. The molecule has 2 aliphatic rings. The fourth-order valence-corrected chi connectivity index (χ4v) is 3.60. The molecular formula is C18H27N3O3. The van der Waals surface area contributed by atoms with Gasteiger partial charge in [0.05, 0.1) is 25.4 Å². The van der Waals surface area contributed by atoms with Crippen molar-refractivity contribution in [1.29, 1.82) is 0 Å². The van der Waals surface area contributed by atoms with Gasteiger partial charge >= 0.3 is 0 Å². The molecule has 6 nitrogen and oxygen atoms in total. The number of fused-ring (bicyclic) bond motifs is 1. The van der Waals surface area contributed by atoms with Crippen LogP contribution < -0.4 is 4.90 Å². The van der Waals surface area contributed by atoms with Crippen molar-refractivity contribution < 1.29 is 14.3 Å². The molecule has 3 rings (SSSR count). The first-order valence-electron chi connectivity index (χ1n) is 8.64. The second kappa shape index (κ2) is 7.49. The molecule has 2 fully saturated rings. The third-order valence-electron chi connectivity index (χ3n) is 4.88. The molecule has 0 bridgehead atoms. The van der Waals surface area contributed by atoms with Gasteiger partial charge in [-0.1, -0.05) is 6.07 Å². The molecular weight excluding hydrogens is 306 g/mol. The minimum atomic E-state index is 0.00671. The maximum atomic E-state index is 11.6. The van der Waals surface area contributed by atoms with Crippen LogP contribution in [0.5, 0.6) is 0 Å². The minimum Gasteiger partial charge on any atom is -0.374 e. The number of likely N-dealkylation sites (N-methyl/N-ethyl adjacent to an activating group) is 1. The summed E-state index contributed by atoms with van der Waals surface area (Å²) in [5.41, 5.74) is 1.04. The molecule has 1 amide bonds. The molecule has 2 heterocycles. The molecule has 6 heteroatoms. The number of ether oxygens (including phenoxy) is 2. The fraction of sp³-hybridized carbons (Fsp3) is 0.667. The Kier molecular flexibility index (Phi) is 5.36. The standard InChI is InChI=1S/C18H27N3O3/c1-13-5-4-6-17(19-13)21-7-8-24-16-10-14(9-15(16)21)11-23-12-18(22)20(2)3/h4-6,14-16H,7-12H2,1-3H3. The van der Waals surface area contributed by atoms with Crippen molar-refractivity contribution in [2.75, 3.05) is 45.4 Å². The highest BCUT2D eigenvalue weighted by Gasteiger charge is 2.41. The summed E-state index contributed by atoms with van der Waals surface area (Å²) in [6.07, 6.45) is 2.25. The summed E-state index contributed by atoms with van der Waals surface area (Å²) in [6, 6.07) is 6.51. The lowest BCUT2D eigenvalue weighted by Crippen LogP contribution is -2.49. The number of morpholine rings is 1. The highest BCUT2D eigenvalue weighted by atomic mass is 16.5. The van der Waals surface area contributed by atoms with Gasteiger partial charge in [0.25, 0.3) is 0 Å². The van der Waals surface area contributed by atoms with Crippen LogP contribution >= 0.6 is 0 Å². The lowest BCUT2D eigenvalue weighted by atomic mass is 10.1. The van der Waals surface area contributed by atoms with Crippen LogP contribution in [0.15, 0.2) is 18.2 Å². The zero-order valence-electron chi connectivity index (χ0n) is 14.8.